The minimum absolute atomic E-state index is 0.262. The van der Waals surface area contributed by atoms with Crippen molar-refractivity contribution in [1.29, 1.82) is 0 Å². The molecular formula is C11H16BrNO. The highest BCUT2D eigenvalue weighted by atomic mass is 79.9. The number of ether oxygens (including phenoxy) is 1. The Morgan fingerprint density at radius 1 is 1.43 bits per heavy atom. The lowest BCUT2D eigenvalue weighted by Gasteiger charge is -2.11. The SMILES string of the molecule is COC(C)CNCc1ccccc1Br. The number of methoxy groups -OCH3 is 1. The average Bonchev–Trinajstić information content (AvgIpc) is 2.20. The Morgan fingerprint density at radius 2 is 2.14 bits per heavy atom. The molecule has 1 aromatic rings. The van der Waals surface area contributed by atoms with E-state index in [2.05, 4.69) is 33.4 Å². The molecule has 0 saturated carbocycles. The van der Waals surface area contributed by atoms with Crippen LogP contribution in [0.25, 0.3) is 0 Å². The largest absolute Gasteiger partial charge is 0.380 e. The molecule has 0 saturated heterocycles. The van der Waals surface area contributed by atoms with Crippen LogP contribution in [0.3, 0.4) is 0 Å². The lowest BCUT2D eigenvalue weighted by molar-refractivity contribution is 0.117. The maximum Gasteiger partial charge on any atom is 0.0667 e. The minimum Gasteiger partial charge on any atom is -0.380 e. The van der Waals surface area contributed by atoms with E-state index < -0.39 is 0 Å². The van der Waals surface area contributed by atoms with Crippen LogP contribution in [0.2, 0.25) is 0 Å². The van der Waals surface area contributed by atoms with Crippen LogP contribution in [0.1, 0.15) is 12.5 Å². The van der Waals surface area contributed by atoms with Crippen LogP contribution in [0, 0.1) is 0 Å². The third-order valence-electron chi connectivity index (χ3n) is 2.11. The van der Waals surface area contributed by atoms with Gasteiger partial charge in [0, 0.05) is 24.7 Å². The number of hydrogen-bond acceptors (Lipinski definition) is 2. The van der Waals surface area contributed by atoms with Crippen molar-refractivity contribution in [2.45, 2.75) is 19.6 Å². The van der Waals surface area contributed by atoms with Gasteiger partial charge in [-0.3, -0.25) is 0 Å². The van der Waals surface area contributed by atoms with Gasteiger partial charge in [-0.15, -0.1) is 0 Å². The topological polar surface area (TPSA) is 21.3 Å². The monoisotopic (exact) mass is 257 g/mol. The van der Waals surface area contributed by atoms with Gasteiger partial charge in [-0.2, -0.15) is 0 Å². The van der Waals surface area contributed by atoms with Crippen molar-refractivity contribution in [3.63, 3.8) is 0 Å². The molecule has 0 aromatic heterocycles. The summed E-state index contributed by atoms with van der Waals surface area (Å²) in [6, 6.07) is 8.22. The zero-order chi connectivity index (χ0) is 10.4. The summed E-state index contributed by atoms with van der Waals surface area (Å²) in [4.78, 5) is 0. The first kappa shape index (κ1) is 11.7. The summed E-state index contributed by atoms with van der Waals surface area (Å²) in [5.74, 6) is 0. The second-order valence-electron chi connectivity index (χ2n) is 3.27. The fourth-order valence-corrected chi connectivity index (χ4v) is 1.56. The molecule has 3 heteroatoms. The van der Waals surface area contributed by atoms with E-state index in [0.717, 1.165) is 17.6 Å². The van der Waals surface area contributed by atoms with Crippen molar-refractivity contribution in [2.24, 2.45) is 0 Å². The van der Waals surface area contributed by atoms with E-state index in [1.165, 1.54) is 5.56 Å². The van der Waals surface area contributed by atoms with Gasteiger partial charge >= 0.3 is 0 Å². The molecule has 0 aliphatic heterocycles. The highest BCUT2D eigenvalue weighted by Gasteiger charge is 2.00. The molecule has 0 fully saturated rings. The maximum absolute atomic E-state index is 5.14. The Morgan fingerprint density at radius 3 is 2.79 bits per heavy atom. The van der Waals surface area contributed by atoms with Gasteiger partial charge in [0.15, 0.2) is 0 Å². The predicted molar refractivity (Wildman–Crippen MR) is 62.3 cm³/mol. The summed E-state index contributed by atoms with van der Waals surface area (Å²) < 4.78 is 6.29. The van der Waals surface area contributed by atoms with Crippen molar-refractivity contribution in [3.8, 4) is 0 Å². The van der Waals surface area contributed by atoms with Gasteiger partial charge < -0.3 is 10.1 Å². The third kappa shape index (κ3) is 3.78. The Kier molecular flexibility index (Phi) is 5.15. The van der Waals surface area contributed by atoms with Crippen molar-refractivity contribution in [2.75, 3.05) is 13.7 Å². The van der Waals surface area contributed by atoms with Crippen LogP contribution in [-0.2, 0) is 11.3 Å². The molecule has 1 atom stereocenters. The quantitative estimate of drug-likeness (QED) is 0.876. The summed E-state index contributed by atoms with van der Waals surface area (Å²) in [5.41, 5.74) is 1.27. The molecule has 1 aromatic carbocycles. The van der Waals surface area contributed by atoms with Crippen LogP contribution in [-0.4, -0.2) is 19.8 Å². The number of benzene rings is 1. The van der Waals surface area contributed by atoms with Gasteiger partial charge in [-0.05, 0) is 18.6 Å². The molecule has 2 nitrogen and oxygen atoms in total. The van der Waals surface area contributed by atoms with Gasteiger partial charge in [0.1, 0.15) is 0 Å². The molecule has 0 aliphatic rings. The van der Waals surface area contributed by atoms with Gasteiger partial charge in [0.05, 0.1) is 6.10 Å². The Bertz CT molecular complexity index is 278. The lowest BCUT2D eigenvalue weighted by Crippen LogP contribution is -2.25. The van der Waals surface area contributed by atoms with Crippen molar-refractivity contribution in [1.82, 2.24) is 5.32 Å². The van der Waals surface area contributed by atoms with Gasteiger partial charge in [-0.25, -0.2) is 0 Å². The normalized spacial score (nSPS) is 12.8. The molecule has 0 radical (unpaired) electrons. The van der Waals surface area contributed by atoms with E-state index in [-0.39, 0.29) is 6.10 Å². The summed E-state index contributed by atoms with van der Waals surface area (Å²) in [7, 11) is 1.73. The number of hydrogen-bond donors (Lipinski definition) is 1. The first-order valence-electron chi connectivity index (χ1n) is 4.71. The van der Waals surface area contributed by atoms with Crippen LogP contribution in [0.15, 0.2) is 28.7 Å². The fourth-order valence-electron chi connectivity index (χ4n) is 1.14. The van der Waals surface area contributed by atoms with Gasteiger partial charge in [0.2, 0.25) is 0 Å². The standard InChI is InChI=1S/C11H16BrNO/c1-9(14-2)7-13-8-10-5-3-4-6-11(10)12/h3-6,9,13H,7-8H2,1-2H3. The number of nitrogens with one attached hydrogen (secondary N) is 1. The second-order valence-corrected chi connectivity index (χ2v) is 4.12. The molecule has 0 amide bonds. The van der Waals surface area contributed by atoms with E-state index in [0.29, 0.717) is 0 Å². The summed E-state index contributed by atoms with van der Waals surface area (Å²) in [6.45, 7) is 3.79. The number of halogens is 1. The summed E-state index contributed by atoms with van der Waals surface area (Å²) in [5, 5.41) is 3.34. The smallest absolute Gasteiger partial charge is 0.0667 e. The minimum atomic E-state index is 0.262. The molecule has 0 spiro atoms. The molecule has 0 aliphatic carbocycles. The molecule has 14 heavy (non-hydrogen) atoms. The van der Waals surface area contributed by atoms with E-state index in [1.807, 2.05) is 19.1 Å². The molecule has 0 bridgehead atoms. The highest BCUT2D eigenvalue weighted by Crippen LogP contribution is 2.15. The van der Waals surface area contributed by atoms with E-state index in [1.54, 1.807) is 7.11 Å². The molecular weight excluding hydrogens is 242 g/mol. The molecule has 1 N–H and O–H groups in total. The van der Waals surface area contributed by atoms with Crippen molar-refractivity contribution < 1.29 is 4.74 Å². The van der Waals surface area contributed by atoms with E-state index in [9.17, 15) is 0 Å². The van der Waals surface area contributed by atoms with Crippen molar-refractivity contribution >= 4 is 15.9 Å². The first-order valence-corrected chi connectivity index (χ1v) is 5.50. The fraction of sp³-hybridized carbons (Fsp3) is 0.455. The van der Waals surface area contributed by atoms with Crippen LogP contribution in [0.5, 0.6) is 0 Å². The zero-order valence-electron chi connectivity index (χ0n) is 8.59. The predicted octanol–water partition coefficient (Wildman–Crippen LogP) is 2.57. The molecule has 0 heterocycles. The third-order valence-corrected chi connectivity index (χ3v) is 2.88. The first-order chi connectivity index (χ1) is 6.74. The van der Waals surface area contributed by atoms with E-state index >= 15 is 0 Å². The average molecular weight is 258 g/mol. The highest BCUT2D eigenvalue weighted by molar-refractivity contribution is 9.10. The summed E-state index contributed by atoms with van der Waals surface area (Å²) >= 11 is 3.51. The lowest BCUT2D eigenvalue weighted by atomic mass is 10.2. The van der Waals surface area contributed by atoms with Crippen LogP contribution < -0.4 is 5.32 Å². The Hall–Kier alpha value is -0.380. The summed E-state index contributed by atoms with van der Waals surface area (Å²) in [6.07, 6.45) is 0.262. The zero-order valence-corrected chi connectivity index (χ0v) is 10.2. The van der Waals surface area contributed by atoms with Gasteiger partial charge in [-0.1, -0.05) is 34.1 Å². The maximum atomic E-state index is 5.14. The van der Waals surface area contributed by atoms with E-state index in [4.69, 9.17) is 4.74 Å². The van der Waals surface area contributed by atoms with Crippen LogP contribution in [0.4, 0.5) is 0 Å². The second kappa shape index (κ2) is 6.17. The van der Waals surface area contributed by atoms with Gasteiger partial charge in [0.25, 0.3) is 0 Å². The number of rotatable bonds is 5. The van der Waals surface area contributed by atoms with Crippen LogP contribution >= 0.6 is 15.9 Å². The molecule has 1 unspecified atom stereocenters. The Balaban J connectivity index is 2.35. The Labute approximate surface area is 93.8 Å². The molecule has 78 valence electrons. The molecule has 1 rings (SSSR count). The van der Waals surface area contributed by atoms with Crippen molar-refractivity contribution in [3.05, 3.63) is 34.3 Å².